The fraction of sp³-hybridized carbons (Fsp3) is 0.250. The fourth-order valence-electron chi connectivity index (χ4n) is 2.98. The lowest BCUT2D eigenvalue weighted by atomic mass is 9.92. The lowest BCUT2D eigenvalue weighted by Crippen LogP contribution is -2.37. The number of halogens is 4. The quantitative estimate of drug-likeness (QED) is 0.729. The van der Waals surface area contributed by atoms with Crippen molar-refractivity contribution in [3.8, 4) is 0 Å². The van der Waals surface area contributed by atoms with E-state index < -0.39 is 23.2 Å². The van der Waals surface area contributed by atoms with Crippen LogP contribution in [0.2, 0.25) is 5.02 Å². The van der Waals surface area contributed by atoms with Crippen molar-refractivity contribution in [3.05, 3.63) is 76.1 Å². The molecular formula is C20H16ClF3N4O. The van der Waals surface area contributed by atoms with Crippen molar-refractivity contribution in [2.24, 2.45) is 5.10 Å². The van der Waals surface area contributed by atoms with Crippen molar-refractivity contribution < 1.29 is 18.0 Å². The lowest BCUT2D eigenvalue weighted by Gasteiger charge is -2.16. The first-order chi connectivity index (χ1) is 13.6. The maximum Gasteiger partial charge on any atom is 0.416 e. The minimum Gasteiger partial charge on any atom is -0.324 e. The second kappa shape index (κ2) is 7.76. The molecular weight excluding hydrogens is 405 g/mol. The number of carbonyl (C=O) groups is 1. The number of hydrogen-bond donors (Lipinski definition) is 1. The van der Waals surface area contributed by atoms with Gasteiger partial charge in [-0.2, -0.15) is 18.3 Å². The van der Waals surface area contributed by atoms with E-state index in [0.29, 0.717) is 10.7 Å². The molecule has 1 aliphatic rings. The minimum atomic E-state index is -4.44. The highest BCUT2D eigenvalue weighted by atomic mass is 35.5. The molecule has 9 heteroatoms. The highest BCUT2D eigenvalue weighted by molar-refractivity contribution is 6.30. The number of amides is 1. The van der Waals surface area contributed by atoms with Crippen LogP contribution in [-0.4, -0.2) is 35.3 Å². The van der Waals surface area contributed by atoms with Crippen molar-refractivity contribution >= 4 is 28.9 Å². The lowest BCUT2D eigenvalue weighted by molar-refractivity contribution is -0.137. The molecule has 0 fully saturated rings. The van der Waals surface area contributed by atoms with Gasteiger partial charge in [0, 0.05) is 23.2 Å². The van der Waals surface area contributed by atoms with Gasteiger partial charge in [-0.1, -0.05) is 23.7 Å². The number of nitrogens with one attached hydrogen (secondary N) is 1. The summed E-state index contributed by atoms with van der Waals surface area (Å²) in [6.45, 7) is 9.36. The molecule has 2 aromatic rings. The molecule has 0 aromatic heterocycles. The van der Waals surface area contributed by atoms with Crippen molar-refractivity contribution in [3.63, 3.8) is 0 Å². The maximum absolute atomic E-state index is 12.6. The van der Waals surface area contributed by atoms with E-state index in [1.165, 1.54) is 17.1 Å². The Balaban J connectivity index is 1.70. The summed E-state index contributed by atoms with van der Waals surface area (Å²) in [5.74, 6) is -0.446. The van der Waals surface area contributed by atoms with E-state index in [1.807, 2.05) is 0 Å². The molecule has 0 bridgehead atoms. The summed E-state index contributed by atoms with van der Waals surface area (Å²) < 4.78 is 37.9. The molecule has 1 unspecified atom stereocenters. The maximum atomic E-state index is 12.6. The Kier molecular flexibility index (Phi) is 5.53. The monoisotopic (exact) mass is 420 g/mol. The van der Waals surface area contributed by atoms with E-state index in [2.05, 4.69) is 15.3 Å². The van der Waals surface area contributed by atoms with Crippen LogP contribution in [0.15, 0.2) is 53.6 Å². The Bertz CT molecular complexity index is 981. The first kappa shape index (κ1) is 20.7. The summed E-state index contributed by atoms with van der Waals surface area (Å²) in [7, 11) is 0. The SMILES string of the molecule is [C-]#[N+]C1(C)CN(CC(=O)Nc2ccc(C(F)(F)F)cc2)N=C1c1ccc(Cl)cc1. The van der Waals surface area contributed by atoms with Gasteiger partial charge in [0.1, 0.15) is 13.1 Å². The van der Waals surface area contributed by atoms with Gasteiger partial charge < -0.3 is 10.2 Å². The van der Waals surface area contributed by atoms with Gasteiger partial charge in [-0.05, 0) is 36.4 Å². The summed E-state index contributed by atoms with van der Waals surface area (Å²) in [4.78, 5) is 16.0. The second-order valence-electron chi connectivity index (χ2n) is 6.79. The third-order valence-electron chi connectivity index (χ3n) is 4.43. The van der Waals surface area contributed by atoms with Gasteiger partial charge in [-0.3, -0.25) is 9.80 Å². The predicted molar refractivity (Wildman–Crippen MR) is 105 cm³/mol. The second-order valence-corrected chi connectivity index (χ2v) is 7.22. The van der Waals surface area contributed by atoms with E-state index in [-0.39, 0.29) is 18.8 Å². The molecule has 1 atom stereocenters. The standard InChI is InChI=1S/C20H16ClF3N4O/c1-19(25-2)12-28(27-18(19)13-3-7-15(21)8-4-13)11-17(29)26-16-9-5-14(6-10-16)20(22,23)24/h3-10H,11-12H2,1H3,(H,26,29). The van der Waals surface area contributed by atoms with Crippen LogP contribution in [0.3, 0.4) is 0 Å². The average molecular weight is 421 g/mol. The van der Waals surface area contributed by atoms with Crippen LogP contribution in [0.25, 0.3) is 4.85 Å². The number of anilines is 1. The summed E-state index contributed by atoms with van der Waals surface area (Å²) in [5, 5.41) is 9.00. The zero-order chi connectivity index (χ0) is 21.2. The topological polar surface area (TPSA) is 49.1 Å². The number of alkyl halides is 3. The van der Waals surface area contributed by atoms with E-state index in [0.717, 1.165) is 17.7 Å². The number of carbonyl (C=O) groups excluding carboxylic acids is 1. The molecule has 1 aliphatic heterocycles. The molecule has 3 rings (SSSR count). The average Bonchev–Trinajstić information content (AvgIpc) is 2.98. The minimum absolute atomic E-state index is 0.136. The van der Waals surface area contributed by atoms with Crippen LogP contribution in [-0.2, 0) is 11.0 Å². The van der Waals surface area contributed by atoms with Gasteiger partial charge in [0.25, 0.3) is 5.54 Å². The first-order valence-corrected chi connectivity index (χ1v) is 8.94. The van der Waals surface area contributed by atoms with Gasteiger partial charge in [0.2, 0.25) is 5.91 Å². The fourth-order valence-corrected chi connectivity index (χ4v) is 3.11. The van der Waals surface area contributed by atoms with Gasteiger partial charge in [-0.15, -0.1) is 0 Å². The molecule has 0 spiro atoms. The van der Waals surface area contributed by atoms with Crippen LogP contribution in [0.4, 0.5) is 18.9 Å². The molecule has 29 heavy (non-hydrogen) atoms. The summed E-state index contributed by atoms with van der Waals surface area (Å²) in [5.41, 5.74) is -0.204. The van der Waals surface area contributed by atoms with Gasteiger partial charge in [-0.25, -0.2) is 6.57 Å². The largest absolute Gasteiger partial charge is 0.416 e. The normalized spacial score (nSPS) is 18.9. The molecule has 2 aromatic carbocycles. The Labute approximate surface area is 170 Å². The van der Waals surface area contributed by atoms with Crippen molar-refractivity contribution in [2.45, 2.75) is 18.6 Å². The smallest absolute Gasteiger partial charge is 0.324 e. The summed E-state index contributed by atoms with van der Waals surface area (Å²) in [6.07, 6.45) is -4.44. The van der Waals surface area contributed by atoms with E-state index in [4.69, 9.17) is 18.2 Å². The van der Waals surface area contributed by atoms with E-state index >= 15 is 0 Å². The highest BCUT2D eigenvalue weighted by Gasteiger charge is 2.45. The number of hydrogen-bond acceptors (Lipinski definition) is 3. The Morgan fingerprint density at radius 3 is 2.41 bits per heavy atom. The Morgan fingerprint density at radius 1 is 1.24 bits per heavy atom. The molecule has 0 radical (unpaired) electrons. The highest BCUT2D eigenvalue weighted by Crippen LogP contribution is 2.30. The van der Waals surface area contributed by atoms with E-state index in [9.17, 15) is 18.0 Å². The van der Waals surface area contributed by atoms with Crippen LogP contribution in [0.1, 0.15) is 18.1 Å². The van der Waals surface area contributed by atoms with Crippen LogP contribution in [0.5, 0.6) is 0 Å². The van der Waals surface area contributed by atoms with Crippen LogP contribution < -0.4 is 5.32 Å². The molecule has 1 amide bonds. The van der Waals surface area contributed by atoms with Gasteiger partial charge in [0.05, 0.1) is 5.56 Å². The van der Waals surface area contributed by atoms with Crippen molar-refractivity contribution in [1.29, 1.82) is 0 Å². The van der Waals surface area contributed by atoms with Gasteiger partial charge in [0.15, 0.2) is 5.71 Å². The molecule has 1 heterocycles. The third kappa shape index (κ3) is 4.69. The molecule has 0 saturated heterocycles. The zero-order valence-electron chi connectivity index (χ0n) is 15.3. The molecule has 150 valence electrons. The van der Waals surface area contributed by atoms with E-state index in [1.54, 1.807) is 31.2 Å². The first-order valence-electron chi connectivity index (χ1n) is 8.56. The summed E-state index contributed by atoms with van der Waals surface area (Å²) in [6, 6.07) is 11.1. The number of hydrazone groups is 1. The third-order valence-corrected chi connectivity index (χ3v) is 4.68. The molecule has 0 saturated carbocycles. The Hall–Kier alpha value is -3.05. The molecule has 1 N–H and O–H groups in total. The van der Waals surface area contributed by atoms with Crippen LogP contribution in [0, 0.1) is 6.57 Å². The predicted octanol–water partition coefficient (Wildman–Crippen LogP) is 4.70. The molecule has 5 nitrogen and oxygen atoms in total. The van der Waals surface area contributed by atoms with Crippen molar-refractivity contribution in [1.82, 2.24) is 5.01 Å². The Morgan fingerprint density at radius 2 is 1.86 bits per heavy atom. The molecule has 0 aliphatic carbocycles. The van der Waals surface area contributed by atoms with Crippen molar-refractivity contribution in [2.75, 3.05) is 18.4 Å². The van der Waals surface area contributed by atoms with Gasteiger partial charge >= 0.3 is 6.18 Å². The number of nitrogens with zero attached hydrogens (tertiary/aromatic N) is 3. The van der Waals surface area contributed by atoms with Crippen LogP contribution >= 0.6 is 11.6 Å². The zero-order valence-corrected chi connectivity index (χ0v) is 16.1. The number of benzene rings is 2. The summed E-state index contributed by atoms with van der Waals surface area (Å²) >= 11 is 5.91. The number of rotatable bonds is 4.